The van der Waals surface area contributed by atoms with E-state index < -0.39 is 0 Å². The fourth-order valence-corrected chi connectivity index (χ4v) is 1.86. The van der Waals surface area contributed by atoms with Crippen molar-refractivity contribution in [3.63, 3.8) is 0 Å². The van der Waals surface area contributed by atoms with Crippen LogP contribution in [0.15, 0.2) is 24.7 Å². The van der Waals surface area contributed by atoms with Crippen LogP contribution in [0.1, 0.15) is 15.9 Å². The highest BCUT2D eigenvalue weighted by Gasteiger charge is 2.09. The van der Waals surface area contributed by atoms with Crippen molar-refractivity contribution in [3.05, 3.63) is 40.8 Å². The second-order valence-electron chi connectivity index (χ2n) is 4.24. The van der Waals surface area contributed by atoms with Crippen molar-refractivity contribution in [1.29, 1.82) is 0 Å². The van der Waals surface area contributed by atoms with Crippen molar-refractivity contribution < 1.29 is 4.79 Å². The number of nitrogens with one attached hydrogen (secondary N) is 2. The van der Waals surface area contributed by atoms with Gasteiger partial charge in [-0.05, 0) is 18.6 Å². The van der Waals surface area contributed by atoms with Crippen LogP contribution in [0, 0.1) is 6.92 Å². The maximum atomic E-state index is 11.9. The molecule has 8 heteroatoms. The number of carbonyl (C=O) groups excluding carboxylic acids is 1. The largest absolute Gasteiger partial charge is 0.350 e. The zero-order valence-electron chi connectivity index (χ0n) is 10.9. The number of amides is 1. The Morgan fingerprint density at radius 1 is 1.50 bits per heavy atom. The molecule has 0 aromatic carbocycles. The van der Waals surface area contributed by atoms with Crippen LogP contribution < -0.4 is 16.6 Å². The third-order valence-corrected chi connectivity index (χ3v) is 2.92. The third kappa shape index (κ3) is 3.46. The van der Waals surface area contributed by atoms with Gasteiger partial charge in [-0.2, -0.15) is 5.10 Å². The van der Waals surface area contributed by atoms with E-state index in [0.29, 0.717) is 29.5 Å². The van der Waals surface area contributed by atoms with E-state index in [-0.39, 0.29) is 5.91 Å². The Morgan fingerprint density at radius 2 is 2.30 bits per heavy atom. The predicted molar refractivity (Wildman–Crippen MR) is 76.4 cm³/mol. The Bertz CT molecular complexity index is 612. The summed E-state index contributed by atoms with van der Waals surface area (Å²) in [5.74, 6) is 5.30. The second kappa shape index (κ2) is 6.36. The molecule has 0 atom stereocenters. The lowest BCUT2D eigenvalue weighted by atomic mass is 10.2. The maximum absolute atomic E-state index is 11.9. The van der Waals surface area contributed by atoms with Crippen molar-refractivity contribution >= 4 is 23.3 Å². The van der Waals surface area contributed by atoms with Crippen molar-refractivity contribution in [2.24, 2.45) is 5.84 Å². The summed E-state index contributed by atoms with van der Waals surface area (Å²) in [4.78, 5) is 15.8. The average Bonchev–Trinajstić information content (AvgIpc) is 2.84. The van der Waals surface area contributed by atoms with Crippen molar-refractivity contribution in [2.45, 2.75) is 13.5 Å². The molecule has 4 N–H and O–H groups in total. The lowest BCUT2D eigenvalue weighted by Gasteiger charge is -2.07. The Labute approximate surface area is 121 Å². The Morgan fingerprint density at radius 3 is 2.90 bits per heavy atom. The molecule has 106 valence electrons. The number of rotatable bonds is 5. The maximum Gasteiger partial charge on any atom is 0.252 e. The number of anilines is 1. The third-order valence-electron chi connectivity index (χ3n) is 2.63. The van der Waals surface area contributed by atoms with Crippen molar-refractivity contribution in [3.8, 4) is 0 Å². The van der Waals surface area contributed by atoms with Crippen molar-refractivity contribution in [2.75, 3.05) is 12.0 Å². The van der Waals surface area contributed by atoms with E-state index in [2.05, 4.69) is 20.8 Å². The Hall–Kier alpha value is -2.12. The molecule has 0 unspecified atom stereocenters. The highest BCUT2D eigenvalue weighted by atomic mass is 35.5. The smallest absolute Gasteiger partial charge is 0.252 e. The zero-order valence-corrected chi connectivity index (χ0v) is 11.7. The quantitative estimate of drug-likeness (QED) is 0.563. The van der Waals surface area contributed by atoms with E-state index in [1.54, 1.807) is 10.9 Å². The molecule has 2 heterocycles. The first-order valence-electron chi connectivity index (χ1n) is 5.99. The zero-order chi connectivity index (χ0) is 14.5. The molecule has 2 rings (SSSR count). The number of nitrogen functional groups attached to an aromatic ring is 1. The molecular formula is C12H15ClN6O. The highest BCUT2D eigenvalue weighted by molar-refractivity contribution is 6.33. The molecule has 0 aliphatic carbocycles. The van der Waals surface area contributed by atoms with E-state index in [4.69, 9.17) is 17.4 Å². The van der Waals surface area contributed by atoms with Crippen LogP contribution in [0.25, 0.3) is 0 Å². The number of aromatic nitrogens is 3. The second-order valence-corrected chi connectivity index (χ2v) is 4.64. The Kier molecular flexibility index (Phi) is 4.54. The van der Waals surface area contributed by atoms with Gasteiger partial charge in [-0.15, -0.1) is 0 Å². The minimum Gasteiger partial charge on any atom is -0.350 e. The van der Waals surface area contributed by atoms with Gasteiger partial charge in [0, 0.05) is 18.9 Å². The molecule has 7 nitrogen and oxygen atoms in total. The van der Waals surface area contributed by atoms with E-state index in [1.165, 1.54) is 12.3 Å². The van der Waals surface area contributed by atoms with Crippen molar-refractivity contribution in [1.82, 2.24) is 20.1 Å². The van der Waals surface area contributed by atoms with E-state index in [9.17, 15) is 4.79 Å². The number of hydrogen-bond donors (Lipinski definition) is 3. The molecule has 2 aromatic rings. The van der Waals surface area contributed by atoms with Gasteiger partial charge in [-0.3, -0.25) is 9.48 Å². The van der Waals surface area contributed by atoms with Gasteiger partial charge in [0.1, 0.15) is 0 Å². The number of pyridine rings is 1. The van der Waals surface area contributed by atoms with Gasteiger partial charge in [0.2, 0.25) is 0 Å². The van der Waals surface area contributed by atoms with E-state index in [1.807, 2.05) is 13.1 Å². The lowest BCUT2D eigenvalue weighted by Crippen LogP contribution is -2.27. The van der Waals surface area contributed by atoms with Crippen LogP contribution in [0.3, 0.4) is 0 Å². The summed E-state index contributed by atoms with van der Waals surface area (Å²) < 4.78 is 1.77. The molecule has 0 fully saturated rings. The fourth-order valence-electron chi connectivity index (χ4n) is 1.64. The molecule has 20 heavy (non-hydrogen) atoms. The van der Waals surface area contributed by atoms with Gasteiger partial charge in [-0.1, -0.05) is 11.6 Å². The topological polar surface area (TPSA) is 97.9 Å². The molecule has 0 radical (unpaired) electrons. The molecule has 0 aliphatic heterocycles. The number of hydrogen-bond acceptors (Lipinski definition) is 5. The number of hydrazine groups is 1. The SMILES string of the molecule is Cc1cnn(CCNC(=O)c2cnc(NN)c(Cl)c2)c1. The molecule has 0 saturated carbocycles. The van der Waals surface area contributed by atoms with E-state index in [0.717, 1.165) is 5.56 Å². The molecule has 0 aliphatic rings. The number of nitrogens with zero attached hydrogens (tertiary/aromatic N) is 3. The highest BCUT2D eigenvalue weighted by Crippen LogP contribution is 2.18. The summed E-state index contributed by atoms with van der Waals surface area (Å²) >= 11 is 5.91. The number of carbonyl (C=O) groups is 1. The monoisotopic (exact) mass is 294 g/mol. The summed E-state index contributed by atoms with van der Waals surface area (Å²) in [5.41, 5.74) is 3.80. The normalized spacial score (nSPS) is 10.3. The summed E-state index contributed by atoms with van der Waals surface area (Å²) in [7, 11) is 0. The molecule has 0 bridgehead atoms. The average molecular weight is 295 g/mol. The molecule has 0 spiro atoms. The van der Waals surface area contributed by atoms with Crippen LogP contribution >= 0.6 is 11.6 Å². The summed E-state index contributed by atoms with van der Waals surface area (Å²) in [6.07, 6.45) is 5.09. The summed E-state index contributed by atoms with van der Waals surface area (Å²) in [6.45, 7) is 3.03. The van der Waals surface area contributed by atoms with Gasteiger partial charge in [0.15, 0.2) is 5.82 Å². The van der Waals surface area contributed by atoms with Gasteiger partial charge < -0.3 is 10.7 Å². The molecular weight excluding hydrogens is 280 g/mol. The lowest BCUT2D eigenvalue weighted by molar-refractivity contribution is 0.0951. The summed E-state index contributed by atoms with van der Waals surface area (Å²) in [6, 6.07) is 1.51. The predicted octanol–water partition coefficient (Wildman–Crippen LogP) is 0.956. The molecule has 2 aromatic heterocycles. The van der Waals surface area contributed by atoms with Gasteiger partial charge in [0.25, 0.3) is 5.91 Å². The van der Waals surface area contributed by atoms with Gasteiger partial charge >= 0.3 is 0 Å². The fraction of sp³-hybridized carbons (Fsp3) is 0.250. The standard InChI is InChI=1S/C12H15ClN6O/c1-8-5-17-19(7-8)3-2-15-12(20)9-4-10(13)11(18-14)16-6-9/h4-7H,2-3,14H2,1H3,(H,15,20)(H,16,18). The van der Waals surface area contributed by atoms with E-state index >= 15 is 0 Å². The molecule has 0 saturated heterocycles. The number of nitrogens with two attached hydrogens (primary N) is 1. The number of aryl methyl sites for hydroxylation is 1. The van der Waals surface area contributed by atoms with Crippen LogP contribution in [0.4, 0.5) is 5.82 Å². The minimum absolute atomic E-state index is 0.244. The van der Waals surface area contributed by atoms with Crippen LogP contribution in [0.2, 0.25) is 5.02 Å². The van der Waals surface area contributed by atoms with Gasteiger partial charge in [0.05, 0.1) is 23.3 Å². The minimum atomic E-state index is -0.244. The first-order valence-corrected chi connectivity index (χ1v) is 6.37. The van der Waals surface area contributed by atoms with Crippen LogP contribution in [0.5, 0.6) is 0 Å². The Balaban J connectivity index is 1.90. The first kappa shape index (κ1) is 14.3. The molecule has 1 amide bonds. The first-order chi connectivity index (χ1) is 9.60. The summed E-state index contributed by atoms with van der Waals surface area (Å²) in [5, 5.41) is 7.20. The van der Waals surface area contributed by atoms with Gasteiger partial charge in [-0.25, -0.2) is 10.8 Å². The van der Waals surface area contributed by atoms with Crippen LogP contribution in [-0.4, -0.2) is 27.2 Å². The van der Waals surface area contributed by atoms with Crippen LogP contribution in [-0.2, 0) is 6.54 Å². The number of halogens is 1.